The fourth-order valence-corrected chi connectivity index (χ4v) is 2.47. The summed E-state index contributed by atoms with van der Waals surface area (Å²) < 4.78 is 0. The van der Waals surface area contributed by atoms with Gasteiger partial charge in [-0.25, -0.2) is 0 Å². The van der Waals surface area contributed by atoms with Gasteiger partial charge >= 0.3 is 0 Å². The van der Waals surface area contributed by atoms with E-state index in [2.05, 4.69) is 10.2 Å². The lowest BCUT2D eigenvalue weighted by Gasteiger charge is -1.97. The van der Waals surface area contributed by atoms with Crippen molar-refractivity contribution in [1.82, 2.24) is 0 Å². The fourth-order valence-electron chi connectivity index (χ4n) is 2.47. The van der Waals surface area contributed by atoms with Crippen LogP contribution in [0.25, 0.3) is 6.08 Å². The summed E-state index contributed by atoms with van der Waals surface area (Å²) in [4.78, 5) is 34.7. The summed E-state index contributed by atoms with van der Waals surface area (Å²) in [6, 6.07) is 18.1. The van der Waals surface area contributed by atoms with Crippen LogP contribution in [0.15, 0.2) is 93.9 Å². The average Bonchev–Trinajstić information content (AvgIpc) is 2.90. The first kappa shape index (κ1) is 20.3. The van der Waals surface area contributed by atoms with E-state index in [0.717, 1.165) is 11.6 Å². The molecule has 0 bridgehead atoms. The summed E-state index contributed by atoms with van der Waals surface area (Å²) in [6.45, 7) is 0. The Kier molecular flexibility index (Phi) is 6.19. The molecule has 0 aliphatic carbocycles. The lowest BCUT2D eigenvalue weighted by Crippen LogP contribution is -2.01. The minimum atomic E-state index is -0.733. The summed E-state index contributed by atoms with van der Waals surface area (Å²) in [6.07, 6.45) is 2.82. The lowest BCUT2D eigenvalue weighted by atomic mass is 10.1. The zero-order valence-corrected chi connectivity index (χ0v) is 15.5. The molecule has 0 spiro atoms. The van der Waals surface area contributed by atoms with Gasteiger partial charge in [-0.05, 0) is 42.0 Å². The van der Waals surface area contributed by atoms with Gasteiger partial charge in [0.25, 0.3) is 5.69 Å². The molecule has 3 aromatic carbocycles. The molecule has 0 aliphatic heterocycles. The largest absolute Gasteiger partial charge is 0.504 e. The van der Waals surface area contributed by atoms with E-state index in [1.165, 1.54) is 42.5 Å². The highest BCUT2D eigenvalue weighted by Gasteiger charge is 2.11. The number of hydrogen-bond donors (Lipinski definition) is 1. The molecule has 8 heteroatoms. The molecule has 0 aliphatic rings. The Labute approximate surface area is 170 Å². The molecule has 3 aromatic rings. The topological polar surface area (TPSA) is 122 Å². The molecular formula is C22H15N3O5. The first-order valence-electron chi connectivity index (χ1n) is 8.75. The Hall–Kier alpha value is -4.46. The van der Waals surface area contributed by atoms with Gasteiger partial charge in [0.05, 0.1) is 21.9 Å². The molecular weight excluding hydrogens is 386 g/mol. The van der Waals surface area contributed by atoms with Gasteiger partial charge < -0.3 is 5.11 Å². The number of non-ortho nitro benzene ring substituents is 1. The summed E-state index contributed by atoms with van der Waals surface area (Å²) in [5, 5.41) is 28.7. The Morgan fingerprint density at radius 3 is 2.23 bits per heavy atom. The van der Waals surface area contributed by atoms with Crippen molar-refractivity contribution in [3.63, 3.8) is 0 Å². The molecule has 0 fully saturated rings. The summed E-state index contributed by atoms with van der Waals surface area (Å²) in [5.74, 6) is -1.26. The molecule has 0 saturated heterocycles. The van der Waals surface area contributed by atoms with Gasteiger partial charge in [-0.1, -0.05) is 36.4 Å². The molecule has 8 nitrogen and oxygen atoms in total. The second-order valence-corrected chi connectivity index (χ2v) is 6.11. The molecule has 30 heavy (non-hydrogen) atoms. The van der Waals surface area contributed by atoms with Crippen molar-refractivity contribution in [3.05, 3.63) is 110 Å². The van der Waals surface area contributed by atoms with Crippen LogP contribution in [0.2, 0.25) is 0 Å². The molecule has 0 aromatic heterocycles. The first-order valence-corrected chi connectivity index (χ1v) is 8.75. The van der Waals surface area contributed by atoms with Crippen molar-refractivity contribution in [1.29, 1.82) is 0 Å². The van der Waals surface area contributed by atoms with Crippen LogP contribution in [0.4, 0.5) is 17.1 Å². The van der Waals surface area contributed by atoms with E-state index in [0.29, 0.717) is 5.69 Å². The van der Waals surface area contributed by atoms with Gasteiger partial charge in [0, 0.05) is 12.1 Å². The zero-order chi connectivity index (χ0) is 21.5. The second-order valence-electron chi connectivity index (χ2n) is 6.11. The maximum atomic E-state index is 12.5. The summed E-state index contributed by atoms with van der Waals surface area (Å²) >= 11 is 0. The fraction of sp³-hybridized carbons (Fsp3) is 0. The smallest absolute Gasteiger partial charge is 0.269 e. The van der Waals surface area contributed by atoms with Gasteiger partial charge in [-0.3, -0.25) is 19.7 Å². The SMILES string of the molecule is O=C(/C=C/c1ccccc1)c1cc(N=Nc2ccc([N+](=O)[O-])cc2)ccc(=O)c1O. The molecule has 3 rings (SSSR count). The number of benzene rings is 2. The highest BCUT2D eigenvalue weighted by Crippen LogP contribution is 2.23. The number of carbonyl (C=O) groups excluding carboxylic acids is 1. The number of ketones is 1. The number of hydrogen-bond acceptors (Lipinski definition) is 7. The molecule has 0 heterocycles. The minimum Gasteiger partial charge on any atom is -0.504 e. The number of nitro benzene ring substituents is 1. The molecule has 148 valence electrons. The quantitative estimate of drug-likeness (QED) is 0.205. The van der Waals surface area contributed by atoms with Crippen LogP contribution in [-0.2, 0) is 0 Å². The third-order valence-corrected chi connectivity index (χ3v) is 4.02. The van der Waals surface area contributed by atoms with E-state index in [1.54, 1.807) is 18.2 Å². The third-order valence-electron chi connectivity index (χ3n) is 4.02. The van der Waals surface area contributed by atoms with E-state index in [9.17, 15) is 24.8 Å². The number of aromatic hydroxyl groups is 1. The van der Waals surface area contributed by atoms with Crippen molar-refractivity contribution in [2.24, 2.45) is 10.2 Å². The highest BCUT2D eigenvalue weighted by atomic mass is 16.6. The Balaban J connectivity index is 1.91. The number of allylic oxidation sites excluding steroid dienone is 1. The number of nitrogens with zero attached hydrogens (tertiary/aromatic N) is 3. The standard InChI is InChI=1S/C22H15N3O5/c26-20(12-6-15-4-2-1-3-5-15)19-14-17(9-13-21(27)22(19)28)24-23-16-7-10-18(11-8-16)25(29)30/h1-14H,(H,27,28)/b12-6+,24-23?. The Morgan fingerprint density at radius 1 is 0.933 bits per heavy atom. The Morgan fingerprint density at radius 2 is 1.57 bits per heavy atom. The van der Waals surface area contributed by atoms with E-state index in [-0.39, 0.29) is 16.9 Å². The first-order chi connectivity index (χ1) is 14.4. The molecule has 0 atom stereocenters. The summed E-state index contributed by atoms with van der Waals surface area (Å²) in [7, 11) is 0. The second kappa shape index (κ2) is 9.16. The van der Waals surface area contributed by atoms with Crippen molar-refractivity contribution in [2.45, 2.75) is 0 Å². The van der Waals surface area contributed by atoms with E-state index < -0.39 is 21.9 Å². The average molecular weight is 401 g/mol. The Bertz CT molecular complexity index is 1200. The zero-order valence-electron chi connectivity index (χ0n) is 15.5. The van der Waals surface area contributed by atoms with Crippen LogP contribution >= 0.6 is 0 Å². The predicted octanol–water partition coefficient (Wildman–Crippen LogP) is 4.97. The van der Waals surface area contributed by atoms with Gasteiger partial charge in [0.1, 0.15) is 0 Å². The molecule has 0 saturated carbocycles. The van der Waals surface area contributed by atoms with Crippen LogP contribution in [0, 0.1) is 10.1 Å². The predicted molar refractivity (Wildman–Crippen MR) is 111 cm³/mol. The normalized spacial score (nSPS) is 11.1. The van der Waals surface area contributed by atoms with Crippen molar-refractivity contribution >= 4 is 28.9 Å². The maximum Gasteiger partial charge on any atom is 0.269 e. The van der Waals surface area contributed by atoms with Gasteiger partial charge in [-0.15, -0.1) is 0 Å². The minimum absolute atomic E-state index is 0.0842. The van der Waals surface area contributed by atoms with Crippen LogP contribution < -0.4 is 5.43 Å². The van der Waals surface area contributed by atoms with Crippen LogP contribution in [-0.4, -0.2) is 15.8 Å². The van der Waals surface area contributed by atoms with Gasteiger partial charge in [-0.2, -0.15) is 10.2 Å². The number of carbonyl (C=O) groups is 1. The van der Waals surface area contributed by atoms with E-state index >= 15 is 0 Å². The molecule has 0 radical (unpaired) electrons. The van der Waals surface area contributed by atoms with E-state index in [4.69, 9.17) is 0 Å². The van der Waals surface area contributed by atoms with Crippen LogP contribution in [0.5, 0.6) is 5.75 Å². The molecule has 0 unspecified atom stereocenters. The number of rotatable bonds is 6. The van der Waals surface area contributed by atoms with Crippen molar-refractivity contribution in [3.8, 4) is 5.75 Å². The molecule has 0 amide bonds. The van der Waals surface area contributed by atoms with Crippen LogP contribution in [0.1, 0.15) is 15.9 Å². The maximum absolute atomic E-state index is 12.5. The van der Waals surface area contributed by atoms with E-state index in [1.807, 2.05) is 18.2 Å². The monoisotopic (exact) mass is 401 g/mol. The molecule has 1 N–H and O–H groups in total. The third kappa shape index (κ3) is 5.08. The van der Waals surface area contributed by atoms with Crippen molar-refractivity contribution in [2.75, 3.05) is 0 Å². The van der Waals surface area contributed by atoms with Gasteiger partial charge in [0.15, 0.2) is 11.5 Å². The lowest BCUT2D eigenvalue weighted by molar-refractivity contribution is -0.384. The highest BCUT2D eigenvalue weighted by molar-refractivity contribution is 6.08. The number of nitro groups is 1. The van der Waals surface area contributed by atoms with Gasteiger partial charge in [0.2, 0.25) is 5.43 Å². The van der Waals surface area contributed by atoms with Crippen molar-refractivity contribution < 1.29 is 14.8 Å². The summed E-state index contributed by atoms with van der Waals surface area (Å²) in [5.41, 5.74) is 0.251. The number of azo groups is 1. The van der Waals surface area contributed by atoms with Crippen LogP contribution in [0.3, 0.4) is 0 Å².